The minimum Gasteiger partial charge on any atom is -0.487 e. The summed E-state index contributed by atoms with van der Waals surface area (Å²) in [5.41, 5.74) is 2.74. The molecule has 0 spiro atoms. The first-order valence-electron chi connectivity index (χ1n) is 11.2. The molecule has 0 bridgehead atoms. The van der Waals surface area contributed by atoms with Crippen molar-refractivity contribution in [3.05, 3.63) is 95.5 Å². The zero-order chi connectivity index (χ0) is 25.5. The number of fused-ring (bicyclic) bond motifs is 1. The lowest BCUT2D eigenvalue weighted by molar-refractivity contribution is -0.111. The SMILES string of the molecule is CN(C)C/C=C/C(=O)Nc1ccc2ncnc(Nc3ccc(OCc4cccc(F)c4)c(Cl)c3)c2c1. The Morgan fingerprint density at radius 3 is 2.69 bits per heavy atom. The fraction of sp³-hybridized carbons (Fsp3) is 0.148. The first-order chi connectivity index (χ1) is 17.4. The lowest BCUT2D eigenvalue weighted by Gasteiger charge is -2.12. The summed E-state index contributed by atoms with van der Waals surface area (Å²) >= 11 is 6.43. The predicted octanol–water partition coefficient (Wildman–Crippen LogP) is 5.80. The van der Waals surface area contributed by atoms with Gasteiger partial charge >= 0.3 is 0 Å². The monoisotopic (exact) mass is 505 g/mol. The Morgan fingerprint density at radius 1 is 1.08 bits per heavy atom. The largest absolute Gasteiger partial charge is 0.487 e. The van der Waals surface area contributed by atoms with Crippen molar-refractivity contribution in [3.63, 3.8) is 0 Å². The highest BCUT2D eigenvalue weighted by Crippen LogP contribution is 2.31. The van der Waals surface area contributed by atoms with E-state index in [-0.39, 0.29) is 18.3 Å². The van der Waals surface area contributed by atoms with Gasteiger partial charge in [0.15, 0.2) is 0 Å². The molecular formula is C27H25ClFN5O2. The highest BCUT2D eigenvalue weighted by Gasteiger charge is 2.09. The fourth-order valence-corrected chi connectivity index (χ4v) is 3.64. The van der Waals surface area contributed by atoms with Gasteiger partial charge in [-0.2, -0.15) is 0 Å². The number of benzene rings is 3. The van der Waals surface area contributed by atoms with Crippen molar-refractivity contribution in [2.45, 2.75) is 6.61 Å². The maximum Gasteiger partial charge on any atom is 0.248 e. The van der Waals surface area contributed by atoms with Crippen LogP contribution in [0.4, 0.5) is 21.6 Å². The lowest BCUT2D eigenvalue weighted by Crippen LogP contribution is -2.12. The smallest absolute Gasteiger partial charge is 0.248 e. The second kappa shape index (κ2) is 11.6. The molecule has 1 heterocycles. The van der Waals surface area contributed by atoms with E-state index in [0.29, 0.717) is 40.1 Å². The molecule has 0 aliphatic carbocycles. The predicted molar refractivity (Wildman–Crippen MR) is 141 cm³/mol. The van der Waals surface area contributed by atoms with Crippen LogP contribution in [0.1, 0.15) is 5.56 Å². The summed E-state index contributed by atoms with van der Waals surface area (Å²) in [4.78, 5) is 22.9. The summed E-state index contributed by atoms with van der Waals surface area (Å²) in [6.07, 6.45) is 4.76. The van der Waals surface area contributed by atoms with Crippen LogP contribution < -0.4 is 15.4 Å². The normalized spacial score (nSPS) is 11.2. The third-order valence-corrected chi connectivity index (χ3v) is 5.42. The number of nitrogens with zero attached hydrogens (tertiary/aromatic N) is 3. The van der Waals surface area contributed by atoms with E-state index < -0.39 is 0 Å². The van der Waals surface area contributed by atoms with Gasteiger partial charge in [-0.1, -0.05) is 29.8 Å². The van der Waals surface area contributed by atoms with E-state index in [9.17, 15) is 9.18 Å². The van der Waals surface area contributed by atoms with E-state index in [1.165, 1.54) is 24.5 Å². The molecule has 1 aromatic heterocycles. The Bertz CT molecular complexity index is 1410. The quantitative estimate of drug-likeness (QED) is 0.280. The number of carbonyl (C=O) groups is 1. The Hall–Kier alpha value is -4.01. The number of nitrogens with one attached hydrogen (secondary N) is 2. The minimum absolute atomic E-state index is 0.194. The fourth-order valence-electron chi connectivity index (χ4n) is 3.41. The first kappa shape index (κ1) is 25.1. The van der Waals surface area contributed by atoms with E-state index in [0.717, 1.165) is 10.9 Å². The van der Waals surface area contributed by atoms with Gasteiger partial charge in [-0.25, -0.2) is 14.4 Å². The molecular weight excluding hydrogens is 481 g/mol. The number of halogens is 2. The van der Waals surface area contributed by atoms with Gasteiger partial charge in [0.1, 0.15) is 30.3 Å². The maximum atomic E-state index is 13.4. The van der Waals surface area contributed by atoms with Crippen LogP contribution in [0, 0.1) is 5.82 Å². The Labute approximate surface area is 213 Å². The molecule has 36 heavy (non-hydrogen) atoms. The molecule has 0 saturated carbocycles. The van der Waals surface area contributed by atoms with Crippen LogP contribution in [0.25, 0.3) is 10.9 Å². The molecule has 2 N–H and O–H groups in total. The summed E-state index contributed by atoms with van der Waals surface area (Å²) in [6, 6.07) is 16.9. The zero-order valence-electron chi connectivity index (χ0n) is 19.8. The molecule has 4 rings (SSSR count). The molecule has 0 unspecified atom stereocenters. The van der Waals surface area contributed by atoms with E-state index >= 15 is 0 Å². The molecule has 9 heteroatoms. The number of hydrogen-bond acceptors (Lipinski definition) is 6. The summed E-state index contributed by atoms with van der Waals surface area (Å²) in [5.74, 6) is 0.501. The summed E-state index contributed by atoms with van der Waals surface area (Å²) in [6.45, 7) is 0.865. The Morgan fingerprint density at radius 2 is 1.92 bits per heavy atom. The summed E-state index contributed by atoms with van der Waals surface area (Å²) < 4.78 is 19.1. The van der Waals surface area contributed by atoms with E-state index in [1.54, 1.807) is 36.4 Å². The van der Waals surface area contributed by atoms with Crippen LogP contribution >= 0.6 is 11.6 Å². The highest BCUT2D eigenvalue weighted by molar-refractivity contribution is 6.32. The van der Waals surface area contributed by atoms with Crippen molar-refractivity contribution in [2.24, 2.45) is 0 Å². The van der Waals surface area contributed by atoms with Crippen molar-refractivity contribution in [1.82, 2.24) is 14.9 Å². The van der Waals surface area contributed by atoms with Crippen LogP contribution in [0.5, 0.6) is 5.75 Å². The number of anilines is 3. The van der Waals surface area contributed by atoms with E-state index in [2.05, 4.69) is 20.6 Å². The lowest BCUT2D eigenvalue weighted by atomic mass is 10.2. The van der Waals surface area contributed by atoms with Crippen molar-refractivity contribution < 1.29 is 13.9 Å². The molecule has 0 fully saturated rings. The molecule has 7 nitrogen and oxygen atoms in total. The molecule has 0 atom stereocenters. The van der Waals surface area contributed by atoms with Crippen LogP contribution in [-0.2, 0) is 11.4 Å². The molecule has 184 valence electrons. The average Bonchev–Trinajstić information content (AvgIpc) is 2.84. The molecule has 0 radical (unpaired) electrons. The first-order valence-corrected chi connectivity index (χ1v) is 11.6. The van der Waals surface area contributed by atoms with Gasteiger partial charge in [0.25, 0.3) is 0 Å². The van der Waals surface area contributed by atoms with Gasteiger partial charge in [-0.15, -0.1) is 0 Å². The molecule has 1 amide bonds. The molecule has 0 saturated heterocycles. The van der Waals surface area contributed by atoms with Crippen molar-refractivity contribution in [1.29, 1.82) is 0 Å². The third kappa shape index (κ3) is 6.78. The summed E-state index contributed by atoms with van der Waals surface area (Å²) in [5, 5.41) is 7.24. The number of rotatable bonds is 9. The maximum absolute atomic E-state index is 13.4. The molecule has 0 aliphatic rings. The zero-order valence-corrected chi connectivity index (χ0v) is 20.6. The van der Waals surface area contributed by atoms with Crippen LogP contribution in [0.3, 0.4) is 0 Å². The van der Waals surface area contributed by atoms with Crippen LogP contribution in [-0.4, -0.2) is 41.4 Å². The van der Waals surface area contributed by atoms with Gasteiger partial charge < -0.3 is 20.3 Å². The van der Waals surface area contributed by atoms with Crippen molar-refractivity contribution in [2.75, 3.05) is 31.3 Å². The second-order valence-corrected chi connectivity index (χ2v) is 8.70. The van der Waals surface area contributed by atoms with Gasteiger partial charge in [0.2, 0.25) is 5.91 Å². The average molecular weight is 506 g/mol. The second-order valence-electron chi connectivity index (χ2n) is 8.30. The van der Waals surface area contributed by atoms with E-state index in [4.69, 9.17) is 16.3 Å². The standard InChI is InChI=1S/C27H25ClFN5O2/c1-34(2)12-4-7-26(35)32-20-8-10-24-22(14-20)27(31-17-30-24)33-21-9-11-25(23(28)15-21)36-16-18-5-3-6-19(29)13-18/h3-11,13-15,17H,12,16H2,1-2H3,(H,32,35)(H,30,31,33)/b7-4+. The van der Waals surface area contributed by atoms with Gasteiger partial charge in [0, 0.05) is 29.4 Å². The van der Waals surface area contributed by atoms with E-state index in [1.807, 2.05) is 37.2 Å². The molecule has 4 aromatic rings. The molecule has 3 aromatic carbocycles. The number of hydrogen-bond donors (Lipinski definition) is 2. The van der Waals surface area contributed by atoms with Crippen LogP contribution in [0.2, 0.25) is 5.02 Å². The van der Waals surface area contributed by atoms with Gasteiger partial charge in [-0.05, 0) is 68.2 Å². The Kier molecular flexibility index (Phi) is 8.10. The number of amides is 1. The number of likely N-dealkylation sites (N-methyl/N-ethyl adjacent to an activating group) is 1. The minimum atomic E-state index is -0.317. The molecule has 0 aliphatic heterocycles. The number of carbonyl (C=O) groups excluding carboxylic acids is 1. The number of aromatic nitrogens is 2. The van der Waals surface area contributed by atoms with Crippen molar-refractivity contribution >= 4 is 45.6 Å². The highest BCUT2D eigenvalue weighted by atomic mass is 35.5. The Balaban J connectivity index is 1.48. The number of ether oxygens (including phenoxy) is 1. The van der Waals surface area contributed by atoms with Crippen molar-refractivity contribution in [3.8, 4) is 5.75 Å². The van der Waals surface area contributed by atoms with Crippen LogP contribution in [0.15, 0.2) is 79.1 Å². The topological polar surface area (TPSA) is 79.4 Å². The van der Waals surface area contributed by atoms with Gasteiger partial charge in [-0.3, -0.25) is 4.79 Å². The summed E-state index contributed by atoms with van der Waals surface area (Å²) in [7, 11) is 3.86. The van der Waals surface area contributed by atoms with Gasteiger partial charge in [0.05, 0.1) is 10.5 Å². The third-order valence-electron chi connectivity index (χ3n) is 5.12.